The Morgan fingerprint density at radius 1 is 1.37 bits per heavy atom. The lowest BCUT2D eigenvalue weighted by Crippen LogP contribution is -2.38. The van der Waals surface area contributed by atoms with Gasteiger partial charge in [-0.1, -0.05) is 6.07 Å². The molecule has 1 amide bonds. The van der Waals surface area contributed by atoms with E-state index in [1.165, 1.54) is 0 Å². The number of benzene rings is 1. The zero-order valence-corrected chi connectivity index (χ0v) is 12.2. The number of rotatable bonds is 3. The molecule has 1 aromatic rings. The summed E-state index contributed by atoms with van der Waals surface area (Å²) in [6, 6.07) is 7.39. The molecule has 2 rings (SSSR count). The van der Waals surface area contributed by atoms with E-state index in [0.717, 1.165) is 31.7 Å². The SMILES string of the molecule is CC(C)Oc1cccc(C(=O)N2CCC(Cl)CC2)c1. The van der Waals surface area contributed by atoms with Crippen LogP contribution < -0.4 is 4.74 Å². The zero-order valence-electron chi connectivity index (χ0n) is 11.4. The minimum absolute atomic E-state index is 0.0674. The number of piperidine rings is 1. The number of alkyl halides is 1. The van der Waals surface area contributed by atoms with Gasteiger partial charge in [-0.25, -0.2) is 0 Å². The third-order valence-corrected chi connectivity index (χ3v) is 3.60. The first-order valence-corrected chi connectivity index (χ1v) is 7.20. The highest BCUT2D eigenvalue weighted by atomic mass is 35.5. The molecule has 0 bridgehead atoms. The third-order valence-electron chi connectivity index (χ3n) is 3.16. The Labute approximate surface area is 119 Å². The van der Waals surface area contributed by atoms with Gasteiger partial charge in [-0.05, 0) is 44.9 Å². The molecular weight excluding hydrogens is 262 g/mol. The van der Waals surface area contributed by atoms with Crippen molar-refractivity contribution in [2.75, 3.05) is 13.1 Å². The highest BCUT2D eigenvalue weighted by Crippen LogP contribution is 2.20. The van der Waals surface area contributed by atoms with Gasteiger partial charge in [0.25, 0.3) is 5.91 Å². The predicted octanol–water partition coefficient (Wildman–Crippen LogP) is 3.32. The maximum absolute atomic E-state index is 12.4. The first-order valence-electron chi connectivity index (χ1n) is 6.76. The number of hydrogen-bond acceptors (Lipinski definition) is 2. The van der Waals surface area contributed by atoms with Crippen LogP contribution in [0.1, 0.15) is 37.0 Å². The van der Waals surface area contributed by atoms with Crippen molar-refractivity contribution in [3.63, 3.8) is 0 Å². The number of hydrogen-bond donors (Lipinski definition) is 0. The lowest BCUT2D eigenvalue weighted by Gasteiger charge is -2.29. The fourth-order valence-corrected chi connectivity index (χ4v) is 2.40. The molecule has 0 unspecified atom stereocenters. The van der Waals surface area contributed by atoms with Gasteiger partial charge in [0.05, 0.1) is 6.10 Å². The summed E-state index contributed by atoms with van der Waals surface area (Å²) in [7, 11) is 0. The van der Waals surface area contributed by atoms with E-state index in [4.69, 9.17) is 16.3 Å². The van der Waals surface area contributed by atoms with Crippen molar-refractivity contribution in [3.05, 3.63) is 29.8 Å². The van der Waals surface area contributed by atoms with E-state index in [9.17, 15) is 4.79 Å². The van der Waals surface area contributed by atoms with Crippen molar-refractivity contribution in [1.29, 1.82) is 0 Å². The topological polar surface area (TPSA) is 29.5 Å². The average Bonchev–Trinajstić information content (AvgIpc) is 2.38. The van der Waals surface area contributed by atoms with Crippen molar-refractivity contribution in [2.24, 2.45) is 0 Å². The standard InChI is InChI=1S/C15H20ClNO2/c1-11(2)19-14-5-3-4-12(10-14)15(18)17-8-6-13(16)7-9-17/h3-5,10-11,13H,6-9H2,1-2H3. The van der Waals surface area contributed by atoms with Crippen LogP contribution in [0.15, 0.2) is 24.3 Å². The van der Waals surface area contributed by atoms with Crippen molar-refractivity contribution >= 4 is 17.5 Å². The van der Waals surface area contributed by atoms with Gasteiger partial charge >= 0.3 is 0 Å². The average molecular weight is 282 g/mol. The van der Waals surface area contributed by atoms with E-state index in [1.54, 1.807) is 0 Å². The second-order valence-electron chi connectivity index (χ2n) is 5.16. The van der Waals surface area contributed by atoms with Crippen LogP contribution in [0.5, 0.6) is 5.75 Å². The molecule has 104 valence electrons. The van der Waals surface area contributed by atoms with Gasteiger partial charge in [-0.15, -0.1) is 11.6 Å². The minimum atomic E-state index is 0.0674. The third kappa shape index (κ3) is 3.87. The largest absolute Gasteiger partial charge is 0.491 e. The quantitative estimate of drug-likeness (QED) is 0.796. The van der Waals surface area contributed by atoms with E-state index < -0.39 is 0 Å². The highest BCUT2D eigenvalue weighted by Gasteiger charge is 2.22. The maximum atomic E-state index is 12.4. The summed E-state index contributed by atoms with van der Waals surface area (Å²) in [5.74, 6) is 0.811. The lowest BCUT2D eigenvalue weighted by atomic mass is 10.1. The number of carbonyl (C=O) groups is 1. The molecule has 1 aliphatic heterocycles. The van der Waals surface area contributed by atoms with Gasteiger partial charge in [0.2, 0.25) is 0 Å². The molecule has 19 heavy (non-hydrogen) atoms. The van der Waals surface area contributed by atoms with Crippen LogP contribution in [-0.2, 0) is 0 Å². The van der Waals surface area contributed by atoms with Crippen LogP contribution in [0, 0.1) is 0 Å². The van der Waals surface area contributed by atoms with Crippen molar-refractivity contribution < 1.29 is 9.53 Å². The predicted molar refractivity (Wildman–Crippen MR) is 77.0 cm³/mol. The molecule has 0 saturated carbocycles. The van der Waals surface area contributed by atoms with Gasteiger partial charge < -0.3 is 9.64 Å². The number of carbonyl (C=O) groups excluding carboxylic acids is 1. The minimum Gasteiger partial charge on any atom is -0.491 e. The Balaban J connectivity index is 2.06. The molecule has 1 fully saturated rings. The Hall–Kier alpha value is -1.22. The van der Waals surface area contributed by atoms with Crippen molar-refractivity contribution in [3.8, 4) is 5.75 Å². The normalized spacial score (nSPS) is 16.7. The molecule has 0 aliphatic carbocycles. The first-order chi connectivity index (χ1) is 9.06. The van der Waals surface area contributed by atoms with Crippen LogP contribution in [0.3, 0.4) is 0 Å². The molecule has 0 aromatic heterocycles. The van der Waals surface area contributed by atoms with Crippen LogP contribution in [0.2, 0.25) is 0 Å². The van der Waals surface area contributed by atoms with Crippen LogP contribution in [0.25, 0.3) is 0 Å². The molecule has 0 radical (unpaired) electrons. The second-order valence-corrected chi connectivity index (χ2v) is 5.78. The number of amides is 1. The first kappa shape index (κ1) is 14.2. The molecule has 0 N–H and O–H groups in total. The molecule has 4 heteroatoms. The molecule has 1 saturated heterocycles. The smallest absolute Gasteiger partial charge is 0.253 e. The van der Waals surface area contributed by atoms with Gasteiger partial charge in [0, 0.05) is 24.0 Å². The summed E-state index contributed by atoms with van der Waals surface area (Å²) in [5, 5.41) is 0.208. The Kier molecular flexibility index (Phi) is 4.70. The van der Waals surface area contributed by atoms with E-state index >= 15 is 0 Å². The number of nitrogens with zero attached hydrogens (tertiary/aromatic N) is 1. The van der Waals surface area contributed by atoms with Gasteiger partial charge in [-0.2, -0.15) is 0 Å². The number of likely N-dealkylation sites (tertiary alicyclic amines) is 1. The molecule has 1 aromatic carbocycles. The fourth-order valence-electron chi connectivity index (χ4n) is 2.21. The molecule has 0 atom stereocenters. The summed E-state index contributed by atoms with van der Waals surface area (Å²) in [4.78, 5) is 14.2. The Bertz CT molecular complexity index is 440. The zero-order chi connectivity index (χ0) is 13.8. The van der Waals surface area contributed by atoms with Crippen molar-refractivity contribution in [1.82, 2.24) is 4.90 Å². The monoisotopic (exact) mass is 281 g/mol. The van der Waals surface area contributed by atoms with Gasteiger partial charge in [-0.3, -0.25) is 4.79 Å². The lowest BCUT2D eigenvalue weighted by molar-refractivity contribution is 0.0725. The molecule has 1 aliphatic rings. The summed E-state index contributed by atoms with van der Waals surface area (Å²) in [6.45, 7) is 5.42. The highest BCUT2D eigenvalue weighted by molar-refractivity contribution is 6.20. The van der Waals surface area contributed by atoms with Crippen molar-refractivity contribution in [2.45, 2.75) is 38.2 Å². The number of halogens is 1. The van der Waals surface area contributed by atoms with E-state index in [-0.39, 0.29) is 17.4 Å². The Morgan fingerprint density at radius 3 is 2.68 bits per heavy atom. The van der Waals surface area contributed by atoms with E-state index in [0.29, 0.717) is 5.56 Å². The van der Waals surface area contributed by atoms with E-state index in [1.807, 2.05) is 43.0 Å². The van der Waals surface area contributed by atoms with Crippen LogP contribution in [0.4, 0.5) is 0 Å². The maximum Gasteiger partial charge on any atom is 0.253 e. The fraction of sp³-hybridized carbons (Fsp3) is 0.533. The molecule has 0 spiro atoms. The molecule has 1 heterocycles. The van der Waals surface area contributed by atoms with Gasteiger partial charge in [0.15, 0.2) is 0 Å². The molecule has 3 nitrogen and oxygen atoms in total. The Morgan fingerprint density at radius 2 is 2.05 bits per heavy atom. The number of ether oxygens (including phenoxy) is 1. The van der Waals surface area contributed by atoms with Gasteiger partial charge in [0.1, 0.15) is 5.75 Å². The summed E-state index contributed by atoms with van der Waals surface area (Å²) in [6.07, 6.45) is 1.85. The van der Waals surface area contributed by atoms with Crippen LogP contribution in [-0.4, -0.2) is 35.4 Å². The second kappa shape index (κ2) is 6.29. The van der Waals surface area contributed by atoms with E-state index in [2.05, 4.69) is 0 Å². The summed E-state index contributed by atoms with van der Waals surface area (Å²) in [5.41, 5.74) is 0.686. The van der Waals surface area contributed by atoms with Crippen LogP contribution >= 0.6 is 11.6 Å². The summed E-state index contributed by atoms with van der Waals surface area (Å²) >= 11 is 6.06. The summed E-state index contributed by atoms with van der Waals surface area (Å²) < 4.78 is 5.62. The molecular formula is C15H20ClNO2.